The Bertz CT molecular complexity index is 850. The number of hydrogen-bond donors (Lipinski definition) is 0. The Kier molecular flexibility index (Phi) is 2.58. The number of nitrogens with zero attached hydrogens (tertiary/aromatic N) is 3. The fourth-order valence-corrected chi connectivity index (χ4v) is 2.68. The topological polar surface area (TPSA) is 30.7 Å². The van der Waals surface area contributed by atoms with Crippen molar-refractivity contribution in [2.45, 2.75) is 25.8 Å². The van der Waals surface area contributed by atoms with E-state index in [0.29, 0.717) is 17.1 Å². The first-order valence-electron chi connectivity index (χ1n) is 6.93. The van der Waals surface area contributed by atoms with Crippen LogP contribution < -0.4 is 0 Å². The maximum absolute atomic E-state index is 13.6. The first-order chi connectivity index (χ1) is 10.1. The first kappa shape index (κ1) is 12.4. The van der Waals surface area contributed by atoms with Crippen molar-refractivity contribution in [2.24, 2.45) is 0 Å². The van der Waals surface area contributed by atoms with Gasteiger partial charge in [0, 0.05) is 36.1 Å². The zero-order valence-corrected chi connectivity index (χ0v) is 11.5. The van der Waals surface area contributed by atoms with E-state index in [1.165, 1.54) is 12.1 Å². The molecule has 0 aliphatic heterocycles. The Morgan fingerprint density at radius 3 is 2.67 bits per heavy atom. The maximum Gasteiger partial charge on any atom is 0.161 e. The Morgan fingerprint density at radius 1 is 1.19 bits per heavy atom. The maximum atomic E-state index is 13.6. The van der Waals surface area contributed by atoms with Crippen LogP contribution in [0.1, 0.15) is 24.4 Å². The van der Waals surface area contributed by atoms with Crippen LogP contribution in [0.15, 0.2) is 30.6 Å². The lowest BCUT2D eigenvalue weighted by atomic mass is 10.1. The third-order valence-electron chi connectivity index (χ3n) is 3.92. The van der Waals surface area contributed by atoms with E-state index in [2.05, 4.69) is 9.97 Å². The quantitative estimate of drug-likeness (QED) is 0.712. The number of aryl methyl sites for hydroxylation is 1. The lowest BCUT2D eigenvalue weighted by Crippen LogP contribution is -1.99. The highest BCUT2D eigenvalue weighted by atomic mass is 19.2. The Hall–Kier alpha value is -2.30. The van der Waals surface area contributed by atoms with Crippen LogP contribution in [0.3, 0.4) is 0 Å². The molecule has 2 aromatic heterocycles. The van der Waals surface area contributed by atoms with Crippen LogP contribution in [0, 0.1) is 18.6 Å². The second kappa shape index (κ2) is 4.35. The summed E-state index contributed by atoms with van der Waals surface area (Å²) in [4.78, 5) is 8.67. The zero-order valence-electron chi connectivity index (χ0n) is 11.5. The fraction of sp³-hybridized carbons (Fsp3) is 0.250. The van der Waals surface area contributed by atoms with E-state index in [9.17, 15) is 8.78 Å². The standard InChI is InChI=1S/C16H13F2N3/c1-9-4-5-19-8-11(9)16-20-14-6-12(17)13(18)7-15(14)21(16)10-2-3-10/h4-8,10H,2-3H2,1H3. The van der Waals surface area contributed by atoms with Gasteiger partial charge in [0.25, 0.3) is 0 Å². The van der Waals surface area contributed by atoms with Crippen LogP contribution in [0.5, 0.6) is 0 Å². The van der Waals surface area contributed by atoms with Crippen LogP contribution in [0.4, 0.5) is 8.78 Å². The van der Waals surface area contributed by atoms with Gasteiger partial charge in [-0.25, -0.2) is 13.8 Å². The Morgan fingerprint density at radius 2 is 1.95 bits per heavy atom. The SMILES string of the molecule is Cc1ccncc1-c1nc2cc(F)c(F)cc2n1C1CC1. The number of halogens is 2. The monoisotopic (exact) mass is 285 g/mol. The molecule has 1 aliphatic carbocycles. The highest BCUT2D eigenvalue weighted by Crippen LogP contribution is 2.41. The van der Waals surface area contributed by atoms with E-state index in [1.807, 2.05) is 17.6 Å². The summed E-state index contributed by atoms with van der Waals surface area (Å²) >= 11 is 0. The highest BCUT2D eigenvalue weighted by molar-refractivity contribution is 5.81. The van der Waals surface area contributed by atoms with Crippen molar-refractivity contribution in [3.63, 3.8) is 0 Å². The summed E-state index contributed by atoms with van der Waals surface area (Å²) < 4.78 is 29.0. The third-order valence-corrected chi connectivity index (χ3v) is 3.92. The molecular formula is C16H13F2N3. The van der Waals surface area contributed by atoms with Gasteiger partial charge in [-0.2, -0.15) is 0 Å². The van der Waals surface area contributed by atoms with Gasteiger partial charge in [-0.05, 0) is 31.4 Å². The zero-order chi connectivity index (χ0) is 14.6. The van der Waals surface area contributed by atoms with Gasteiger partial charge < -0.3 is 4.57 Å². The second-order valence-corrected chi connectivity index (χ2v) is 5.48. The number of benzene rings is 1. The van der Waals surface area contributed by atoms with E-state index in [4.69, 9.17) is 0 Å². The van der Waals surface area contributed by atoms with E-state index in [1.54, 1.807) is 12.4 Å². The minimum Gasteiger partial charge on any atom is -0.321 e. The van der Waals surface area contributed by atoms with E-state index < -0.39 is 11.6 Å². The molecular weight excluding hydrogens is 272 g/mol. The number of aromatic nitrogens is 3. The van der Waals surface area contributed by atoms with Crippen LogP contribution in [-0.4, -0.2) is 14.5 Å². The molecule has 5 heteroatoms. The van der Waals surface area contributed by atoms with Gasteiger partial charge in [-0.1, -0.05) is 0 Å². The van der Waals surface area contributed by atoms with Gasteiger partial charge in [0.05, 0.1) is 11.0 Å². The summed E-state index contributed by atoms with van der Waals surface area (Å²) in [5, 5.41) is 0. The molecule has 1 aliphatic rings. The highest BCUT2D eigenvalue weighted by Gasteiger charge is 2.29. The molecule has 0 saturated heterocycles. The lowest BCUT2D eigenvalue weighted by molar-refractivity contribution is 0.510. The van der Waals surface area contributed by atoms with Crippen LogP contribution in [0.2, 0.25) is 0 Å². The fourth-order valence-electron chi connectivity index (χ4n) is 2.68. The van der Waals surface area contributed by atoms with Gasteiger partial charge in [-0.15, -0.1) is 0 Å². The molecule has 1 aromatic carbocycles. The molecule has 106 valence electrons. The lowest BCUT2D eigenvalue weighted by Gasteiger charge is -2.09. The van der Waals surface area contributed by atoms with Crippen LogP contribution >= 0.6 is 0 Å². The Labute approximate surface area is 120 Å². The first-order valence-corrected chi connectivity index (χ1v) is 6.93. The van der Waals surface area contributed by atoms with Crippen molar-refractivity contribution in [3.8, 4) is 11.4 Å². The van der Waals surface area contributed by atoms with Gasteiger partial charge >= 0.3 is 0 Å². The molecule has 0 radical (unpaired) electrons. The van der Waals surface area contributed by atoms with E-state index in [0.717, 1.165) is 29.8 Å². The van der Waals surface area contributed by atoms with Crippen molar-refractivity contribution in [1.29, 1.82) is 0 Å². The molecule has 4 rings (SSSR count). The molecule has 1 saturated carbocycles. The largest absolute Gasteiger partial charge is 0.321 e. The van der Waals surface area contributed by atoms with E-state index in [-0.39, 0.29) is 0 Å². The third kappa shape index (κ3) is 1.92. The number of rotatable bonds is 2. The van der Waals surface area contributed by atoms with Gasteiger partial charge in [0.1, 0.15) is 5.82 Å². The summed E-state index contributed by atoms with van der Waals surface area (Å²) in [5.41, 5.74) is 3.08. The molecule has 0 spiro atoms. The average molecular weight is 285 g/mol. The van der Waals surface area contributed by atoms with Gasteiger partial charge in [-0.3, -0.25) is 4.98 Å². The molecule has 0 amide bonds. The summed E-state index contributed by atoms with van der Waals surface area (Å²) in [6.45, 7) is 1.98. The number of fused-ring (bicyclic) bond motifs is 1. The summed E-state index contributed by atoms with van der Waals surface area (Å²) in [7, 11) is 0. The number of pyridine rings is 1. The van der Waals surface area contributed by atoms with Crippen molar-refractivity contribution in [3.05, 3.63) is 47.8 Å². The molecule has 0 atom stereocenters. The smallest absolute Gasteiger partial charge is 0.161 e. The molecule has 0 N–H and O–H groups in total. The van der Waals surface area contributed by atoms with E-state index >= 15 is 0 Å². The van der Waals surface area contributed by atoms with Gasteiger partial charge in [0.2, 0.25) is 0 Å². The minimum atomic E-state index is -0.864. The summed E-state index contributed by atoms with van der Waals surface area (Å²) in [6.07, 6.45) is 5.55. The molecule has 0 bridgehead atoms. The average Bonchev–Trinajstić information content (AvgIpc) is 3.23. The number of hydrogen-bond acceptors (Lipinski definition) is 2. The predicted molar refractivity (Wildman–Crippen MR) is 75.9 cm³/mol. The molecule has 3 aromatic rings. The Balaban J connectivity index is 2.05. The predicted octanol–water partition coefficient (Wildman–Crippen LogP) is 4.02. The normalized spacial score (nSPS) is 14.8. The van der Waals surface area contributed by atoms with Crippen LogP contribution in [0.25, 0.3) is 22.4 Å². The van der Waals surface area contributed by atoms with Gasteiger partial charge in [0.15, 0.2) is 11.6 Å². The van der Waals surface area contributed by atoms with Crippen molar-refractivity contribution >= 4 is 11.0 Å². The van der Waals surface area contributed by atoms with Crippen molar-refractivity contribution < 1.29 is 8.78 Å². The second-order valence-electron chi connectivity index (χ2n) is 5.48. The molecule has 21 heavy (non-hydrogen) atoms. The number of imidazole rings is 1. The molecule has 2 heterocycles. The summed E-state index contributed by atoms with van der Waals surface area (Å²) in [6, 6.07) is 4.63. The minimum absolute atomic E-state index is 0.314. The van der Waals surface area contributed by atoms with Crippen molar-refractivity contribution in [2.75, 3.05) is 0 Å². The van der Waals surface area contributed by atoms with Crippen molar-refractivity contribution in [1.82, 2.24) is 14.5 Å². The summed E-state index contributed by atoms with van der Waals surface area (Å²) in [5.74, 6) is -0.959. The molecule has 0 unspecified atom stereocenters. The molecule has 3 nitrogen and oxygen atoms in total. The molecule has 1 fully saturated rings. The van der Waals surface area contributed by atoms with Crippen LogP contribution in [-0.2, 0) is 0 Å².